The summed E-state index contributed by atoms with van der Waals surface area (Å²) in [5.41, 5.74) is 2.53. The fourth-order valence-electron chi connectivity index (χ4n) is 10.6. The van der Waals surface area contributed by atoms with E-state index in [1.54, 1.807) is 24.3 Å². The van der Waals surface area contributed by atoms with Crippen LogP contribution in [-0.2, 0) is 60.6 Å². The molecule has 0 aliphatic heterocycles. The van der Waals surface area contributed by atoms with E-state index in [0.717, 1.165) is 89.8 Å². The summed E-state index contributed by atoms with van der Waals surface area (Å²) in [6, 6.07) is 33.3. The molecule has 5 aromatic carbocycles. The van der Waals surface area contributed by atoms with Gasteiger partial charge in [-0.2, -0.15) is 0 Å². The molecule has 466 valence electrons. The van der Waals surface area contributed by atoms with Crippen LogP contribution in [0, 0.1) is 23.7 Å². The molecule has 2 aliphatic carbocycles. The van der Waals surface area contributed by atoms with Gasteiger partial charge in [-0.1, -0.05) is 63.6 Å². The maximum absolute atomic E-state index is 13.7. The maximum atomic E-state index is 13.7. The average Bonchev–Trinajstić information content (AvgIpc) is 1.06. The molecule has 0 N–H and O–H groups in total. The number of nitrogens with zero attached hydrogens (tertiary/aromatic N) is 1. The maximum Gasteiger partial charge on any atom is 0.330 e. The smallest absolute Gasteiger partial charge is 0.330 e. The minimum absolute atomic E-state index is 0.237. The van der Waals surface area contributed by atoms with E-state index in [1.807, 2.05) is 84.9 Å². The molecule has 8 rings (SSSR count). The van der Waals surface area contributed by atoms with Crippen molar-refractivity contribution in [2.24, 2.45) is 23.7 Å². The van der Waals surface area contributed by atoms with Crippen molar-refractivity contribution in [3.63, 3.8) is 0 Å². The Kier molecular flexibility index (Phi) is 25.6. The lowest BCUT2D eigenvalue weighted by Gasteiger charge is -2.26. The molecule has 1 aromatic heterocycles. The lowest BCUT2D eigenvalue weighted by atomic mass is 9.82. The molecular formula is C71H81NO16. The molecule has 6 aromatic rings. The van der Waals surface area contributed by atoms with E-state index in [0.29, 0.717) is 138 Å². The van der Waals surface area contributed by atoms with Gasteiger partial charge in [0.15, 0.2) is 0 Å². The first kappa shape index (κ1) is 65.2. The molecule has 0 unspecified atom stereocenters. The molecule has 2 saturated carbocycles. The highest BCUT2D eigenvalue weighted by Crippen LogP contribution is 2.39. The van der Waals surface area contributed by atoms with E-state index in [4.69, 9.17) is 52.4 Å². The van der Waals surface area contributed by atoms with Gasteiger partial charge in [0.1, 0.15) is 34.5 Å². The highest BCUT2D eigenvalue weighted by atomic mass is 16.6. The van der Waals surface area contributed by atoms with Gasteiger partial charge in [-0.3, -0.25) is 19.2 Å². The Bertz CT molecular complexity index is 3270. The van der Waals surface area contributed by atoms with Gasteiger partial charge in [-0.25, -0.2) is 14.6 Å². The van der Waals surface area contributed by atoms with Crippen LogP contribution >= 0.6 is 0 Å². The summed E-state index contributed by atoms with van der Waals surface area (Å²) in [4.78, 5) is 80.9. The first-order valence-electron chi connectivity index (χ1n) is 31.0. The van der Waals surface area contributed by atoms with Crippen LogP contribution < -0.4 is 28.4 Å². The van der Waals surface area contributed by atoms with Gasteiger partial charge in [-0.05, 0) is 179 Å². The van der Waals surface area contributed by atoms with Crippen molar-refractivity contribution in [3.8, 4) is 40.4 Å². The summed E-state index contributed by atoms with van der Waals surface area (Å²) < 4.78 is 57.4. The molecule has 88 heavy (non-hydrogen) atoms. The second-order valence-electron chi connectivity index (χ2n) is 22.2. The van der Waals surface area contributed by atoms with E-state index < -0.39 is 23.8 Å². The normalized spacial score (nSPS) is 16.3. The third-order valence-corrected chi connectivity index (χ3v) is 15.8. The molecule has 0 amide bonds. The molecule has 2 fully saturated rings. The number of carbonyl (C=O) groups is 6. The summed E-state index contributed by atoms with van der Waals surface area (Å²) in [5.74, 6) is -0.00272. The van der Waals surface area contributed by atoms with Crippen molar-refractivity contribution >= 4 is 57.5 Å². The fraction of sp³-hybridized carbons (Fsp3) is 0.423. The minimum Gasteiger partial charge on any atom is -0.494 e. The highest BCUT2D eigenvalue weighted by Gasteiger charge is 2.34. The molecule has 0 radical (unpaired) electrons. The van der Waals surface area contributed by atoms with Gasteiger partial charge in [-0.15, -0.1) is 0 Å². The quantitative estimate of drug-likeness (QED) is 0.00919. The van der Waals surface area contributed by atoms with E-state index in [2.05, 4.69) is 20.1 Å². The zero-order valence-electron chi connectivity index (χ0n) is 50.4. The van der Waals surface area contributed by atoms with Crippen LogP contribution in [0.5, 0.6) is 40.4 Å². The third-order valence-electron chi connectivity index (χ3n) is 15.8. The largest absolute Gasteiger partial charge is 0.494 e. The van der Waals surface area contributed by atoms with Crippen LogP contribution in [0.4, 0.5) is 0 Å². The zero-order chi connectivity index (χ0) is 61.9. The van der Waals surface area contributed by atoms with Gasteiger partial charge in [0, 0.05) is 41.8 Å². The predicted octanol–water partition coefficient (Wildman–Crippen LogP) is 13.9. The van der Waals surface area contributed by atoms with Crippen LogP contribution in [0.1, 0.15) is 121 Å². The lowest BCUT2D eigenvalue weighted by Crippen LogP contribution is -2.29. The van der Waals surface area contributed by atoms with Crippen molar-refractivity contribution in [2.45, 2.75) is 122 Å². The Morgan fingerprint density at radius 1 is 0.409 bits per heavy atom. The Balaban J connectivity index is 0.819. The van der Waals surface area contributed by atoms with E-state index in [1.165, 1.54) is 0 Å². The monoisotopic (exact) mass is 1200 g/mol. The SMILES string of the molecule is C=CC(=O)OCCCCOc1ccc(CCOC(=O)C2CCC(C(=O)Oc3ccc4c(c3)nc(Oc3ccc(OCCCCCC)cc3)c3cc(OC(=O)C5CCC(C(=O)OCCc6ccc(OCCCCOC(=O)C=C)cc6)CC5)ccc34)CC2)cc1. The summed E-state index contributed by atoms with van der Waals surface area (Å²) in [7, 11) is 0. The molecular weight excluding hydrogens is 1120 g/mol. The summed E-state index contributed by atoms with van der Waals surface area (Å²) in [6.45, 7) is 11.7. The molecule has 0 bridgehead atoms. The number of fused-ring (bicyclic) bond motifs is 3. The average molecular weight is 1200 g/mol. The van der Waals surface area contributed by atoms with Crippen LogP contribution in [0.15, 0.2) is 135 Å². The third kappa shape index (κ3) is 20.4. The van der Waals surface area contributed by atoms with Crippen LogP contribution in [-0.4, -0.2) is 87.0 Å². The Morgan fingerprint density at radius 2 is 0.795 bits per heavy atom. The number of unbranched alkanes of at least 4 members (excludes halogenated alkanes) is 5. The first-order chi connectivity index (χ1) is 42.9. The van der Waals surface area contributed by atoms with Gasteiger partial charge in [0.25, 0.3) is 0 Å². The second kappa shape index (κ2) is 34.6. The van der Waals surface area contributed by atoms with Crippen molar-refractivity contribution in [2.75, 3.05) is 46.2 Å². The van der Waals surface area contributed by atoms with Crippen molar-refractivity contribution in [1.29, 1.82) is 0 Å². The van der Waals surface area contributed by atoms with Crippen LogP contribution in [0.2, 0.25) is 0 Å². The number of hydrogen-bond donors (Lipinski definition) is 0. The number of aromatic nitrogens is 1. The molecule has 17 nitrogen and oxygen atoms in total. The Morgan fingerprint density at radius 3 is 1.25 bits per heavy atom. The highest BCUT2D eigenvalue weighted by molar-refractivity contribution is 6.08. The van der Waals surface area contributed by atoms with Crippen molar-refractivity contribution in [1.82, 2.24) is 4.98 Å². The number of carbonyl (C=O) groups excluding carboxylic acids is 6. The molecule has 2 aliphatic rings. The number of rotatable bonds is 34. The number of pyridine rings is 1. The van der Waals surface area contributed by atoms with E-state index in [-0.39, 0.29) is 54.8 Å². The summed E-state index contributed by atoms with van der Waals surface area (Å²) in [5, 5.41) is 2.12. The van der Waals surface area contributed by atoms with Crippen molar-refractivity contribution in [3.05, 3.63) is 146 Å². The first-order valence-corrected chi connectivity index (χ1v) is 31.0. The zero-order valence-corrected chi connectivity index (χ0v) is 50.4. The van der Waals surface area contributed by atoms with Crippen LogP contribution in [0.3, 0.4) is 0 Å². The topological polar surface area (TPSA) is 208 Å². The molecule has 0 spiro atoms. The standard InChI is InChI=1S/C71H81NO16/c1-4-7-8-9-40-79-57-30-32-58(33-31-57)86-67-63-47-59(87-70(77)53-22-18-51(19-23-53)68(75)84-45-38-49-14-26-55(27-15-49)80-41-10-12-43-82-65(73)5-2)34-36-61(63)62-37-35-60(48-64(62)72-67)88-71(78)54-24-20-52(21-25-54)69(76)85-46-39-50-16-28-56(29-17-50)81-42-11-13-44-83-66(74)6-3/h5-6,14-17,26-37,47-48,51-54H,2-4,7-13,18-25,38-46H2,1H3. The number of hydrogen-bond acceptors (Lipinski definition) is 17. The fourth-order valence-corrected chi connectivity index (χ4v) is 10.6. The minimum atomic E-state index is -0.435. The van der Waals surface area contributed by atoms with Crippen LogP contribution in [0.25, 0.3) is 21.7 Å². The summed E-state index contributed by atoms with van der Waals surface area (Å²) in [6.07, 6.45) is 14.6. The number of esters is 6. The summed E-state index contributed by atoms with van der Waals surface area (Å²) >= 11 is 0. The van der Waals surface area contributed by atoms with Crippen molar-refractivity contribution < 1.29 is 76.1 Å². The molecule has 17 heteroatoms. The molecule has 0 saturated heterocycles. The van der Waals surface area contributed by atoms with E-state index in [9.17, 15) is 28.8 Å². The predicted molar refractivity (Wildman–Crippen MR) is 332 cm³/mol. The number of ether oxygens (including phenoxy) is 10. The Hall–Kier alpha value is -8.73. The van der Waals surface area contributed by atoms with Gasteiger partial charge in [0.05, 0.1) is 75.4 Å². The lowest BCUT2D eigenvalue weighted by molar-refractivity contribution is -0.152. The molecule has 0 atom stereocenters. The Labute approximate surface area is 514 Å². The van der Waals surface area contributed by atoms with Gasteiger partial charge in [0.2, 0.25) is 5.88 Å². The number of benzene rings is 5. The van der Waals surface area contributed by atoms with Gasteiger partial charge >= 0.3 is 35.8 Å². The second-order valence-corrected chi connectivity index (χ2v) is 22.2. The van der Waals surface area contributed by atoms with Gasteiger partial charge < -0.3 is 47.4 Å². The van der Waals surface area contributed by atoms with E-state index >= 15 is 0 Å². The molecule has 1 heterocycles.